The number of aliphatic carboxylic acids is 1. The zero-order valence-corrected chi connectivity index (χ0v) is 9.00. The van der Waals surface area contributed by atoms with Crippen LogP contribution in [0.15, 0.2) is 23.1 Å². The van der Waals surface area contributed by atoms with Gasteiger partial charge in [0.2, 0.25) is 0 Å². The van der Waals surface area contributed by atoms with Gasteiger partial charge in [0.15, 0.2) is 6.10 Å². The highest BCUT2D eigenvalue weighted by molar-refractivity contribution is 7.80. The molecule has 0 spiro atoms. The number of rotatable bonds is 3. The first-order valence-corrected chi connectivity index (χ1v) is 4.65. The molecule has 0 aliphatic rings. The van der Waals surface area contributed by atoms with Crippen molar-refractivity contribution in [2.24, 2.45) is 0 Å². The number of carboxylic acid groups (broad SMARTS) is 1. The first-order valence-electron chi connectivity index (χ1n) is 4.20. The summed E-state index contributed by atoms with van der Waals surface area (Å²) < 4.78 is 39.6. The smallest absolute Gasteiger partial charge is 0.479 e. The first kappa shape index (κ1) is 13.7. The number of thiol groups is 1. The molecule has 0 heterocycles. The molecule has 8 heteroatoms. The molecule has 1 rings (SSSR count). The average Bonchev–Trinajstić information content (AvgIpc) is 2.18. The van der Waals surface area contributed by atoms with E-state index >= 15 is 0 Å². The molecule has 0 fully saturated rings. The first-order chi connectivity index (χ1) is 7.70. The summed E-state index contributed by atoms with van der Waals surface area (Å²) in [5, 5.41) is 17.6. The molecule has 1 aromatic carbocycles. The van der Waals surface area contributed by atoms with Crippen LogP contribution in [0.25, 0.3) is 0 Å². The molecule has 1 atom stereocenters. The maximum absolute atomic E-state index is 12.0. The topological polar surface area (TPSA) is 66.8 Å². The van der Waals surface area contributed by atoms with Crippen molar-refractivity contribution < 1.29 is 32.9 Å². The summed E-state index contributed by atoms with van der Waals surface area (Å²) >= 11 is 3.72. The normalized spacial score (nSPS) is 13.2. The van der Waals surface area contributed by atoms with Crippen LogP contribution < -0.4 is 4.74 Å². The van der Waals surface area contributed by atoms with Crippen molar-refractivity contribution in [1.82, 2.24) is 0 Å². The van der Waals surface area contributed by atoms with Crippen LogP contribution in [0, 0.1) is 0 Å². The van der Waals surface area contributed by atoms with E-state index in [4.69, 9.17) is 10.2 Å². The molecular formula is C9H7F3O4S. The molecule has 1 aromatic rings. The van der Waals surface area contributed by atoms with Crippen molar-refractivity contribution in [3.63, 3.8) is 0 Å². The molecule has 0 bridgehead atoms. The lowest BCUT2D eigenvalue weighted by molar-refractivity contribution is -0.275. The highest BCUT2D eigenvalue weighted by Crippen LogP contribution is 2.31. The fraction of sp³-hybridized carbons (Fsp3) is 0.222. The predicted molar refractivity (Wildman–Crippen MR) is 53.0 cm³/mol. The molecule has 2 N–H and O–H groups in total. The van der Waals surface area contributed by atoms with Gasteiger partial charge in [0.25, 0.3) is 0 Å². The third-order valence-electron chi connectivity index (χ3n) is 1.76. The summed E-state index contributed by atoms with van der Waals surface area (Å²) in [5.41, 5.74) is -0.227. The summed E-state index contributed by atoms with van der Waals surface area (Å²) in [6, 6.07) is 3.02. The van der Waals surface area contributed by atoms with E-state index in [-0.39, 0.29) is 10.5 Å². The second kappa shape index (κ2) is 4.84. The molecule has 94 valence electrons. The summed E-state index contributed by atoms with van der Waals surface area (Å²) in [7, 11) is 0. The molecular weight excluding hydrogens is 261 g/mol. The fourth-order valence-electron chi connectivity index (χ4n) is 1.05. The van der Waals surface area contributed by atoms with Crippen molar-refractivity contribution >= 4 is 18.6 Å². The molecule has 0 saturated carbocycles. The standard InChI is InChI=1S/C9H7F3O4S/c10-9(11,12)16-5-3-4(1-2-6(5)17)7(13)8(14)15/h1-3,7,13,17H,(H,14,15). The summed E-state index contributed by atoms with van der Waals surface area (Å²) in [6.45, 7) is 0. The lowest BCUT2D eigenvalue weighted by Crippen LogP contribution is -2.18. The van der Waals surface area contributed by atoms with E-state index in [0.717, 1.165) is 18.2 Å². The third kappa shape index (κ3) is 3.82. The van der Waals surface area contributed by atoms with Crippen LogP contribution in [-0.4, -0.2) is 22.5 Å². The second-order valence-electron chi connectivity index (χ2n) is 3.02. The Morgan fingerprint density at radius 3 is 2.47 bits per heavy atom. The van der Waals surface area contributed by atoms with Gasteiger partial charge in [-0.2, -0.15) is 0 Å². The highest BCUT2D eigenvalue weighted by Gasteiger charge is 2.32. The van der Waals surface area contributed by atoms with Gasteiger partial charge >= 0.3 is 12.3 Å². The molecule has 0 aliphatic carbocycles. The lowest BCUT2D eigenvalue weighted by Gasteiger charge is -2.13. The number of ether oxygens (including phenoxy) is 1. The number of carbonyl (C=O) groups is 1. The van der Waals surface area contributed by atoms with Gasteiger partial charge in [0.05, 0.1) is 0 Å². The number of aliphatic hydroxyl groups is 1. The summed E-state index contributed by atoms with van der Waals surface area (Å²) in [5.74, 6) is -2.24. The zero-order chi connectivity index (χ0) is 13.2. The Morgan fingerprint density at radius 1 is 1.41 bits per heavy atom. The Kier molecular flexibility index (Phi) is 3.89. The molecule has 0 amide bonds. The molecule has 0 saturated heterocycles. The van der Waals surface area contributed by atoms with Crippen molar-refractivity contribution in [1.29, 1.82) is 0 Å². The Hall–Kier alpha value is -1.41. The SMILES string of the molecule is O=C(O)C(O)c1ccc(S)c(OC(F)(F)F)c1. The van der Waals surface area contributed by atoms with Crippen LogP contribution in [0.5, 0.6) is 5.75 Å². The highest BCUT2D eigenvalue weighted by atomic mass is 32.1. The maximum Gasteiger partial charge on any atom is 0.573 e. The molecule has 17 heavy (non-hydrogen) atoms. The van der Waals surface area contributed by atoms with Gasteiger partial charge in [-0.25, -0.2) is 4.79 Å². The molecule has 0 aromatic heterocycles. The monoisotopic (exact) mass is 268 g/mol. The van der Waals surface area contributed by atoms with Crippen molar-refractivity contribution in [3.8, 4) is 5.75 Å². The van der Waals surface area contributed by atoms with Crippen molar-refractivity contribution in [2.45, 2.75) is 17.4 Å². The zero-order valence-electron chi connectivity index (χ0n) is 8.10. The Balaban J connectivity index is 3.06. The van der Waals surface area contributed by atoms with E-state index in [1.165, 1.54) is 0 Å². The van der Waals surface area contributed by atoms with Gasteiger partial charge < -0.3 is 14.9 Å². The van der Waals surface area contributed by atoms with E-state index in [0.29, 0.717) is 0 Å². The number of carboxylic acids is 1. The average molecular weight is 268 g/mol. The van der Waals surface area contributed by atoms with Crippen molar-refractivity contribution in [2.75, 3.05) is 0 Å². The molecule has 4 nitrogen and oxygen atoms in total. The summed E-state index contributed by atoms with van der Waals surface area (Å²) in [4.78, 5) is 10.3. The van der Waals surface area contributed by atoms with E-state index < -0.39 is 24.2 Å². The van der Waals surface area contributed by atoms with Crippen LogP contribution in [0.1, 0.15) is 11.7 Å². The maximum atomic E-state index is 12.0. The lowest BCUT2D eigenvalue weighted by atomic mass is 10.1. The van der Waals surface area contributed by atoms with Crippen molar-refractivity contribution in [3.05, 3.63) is 23.8 Å². The summed E-state index contributed by atoms with van der Waals surface area (Å²) in [6.07, 6.45) is -6.83. The van der Waals surface area contributed by atoms with Gasteiger partial charge in [-0.3, -0.25) is 0 Å². The van der Waals surface area contributed by atoms with Crippen LogP contribution in [0.4, 0.5) is 13.2 Å². The number of hydrogen-bond acceptors (Lipinski definition) is 4. The fourth-order valence-corrected chi connectivity index (χ4v) is 1.23. The minimum absolute atomic E-state index is 0.122. The Labute approximate surface area is 99.0 Å². The third-order valence-corrected chi connectivity index (χ3v) is 2.13. The van der Waals surface area contributed by atoms with Gasteiger partial charge in [-0.05, 0) is 17.7 Å². The molecule has 0 radical (unpaired) electrons. The van der Waals surface area contributed by atoms with Crippen LogP contribution >= 0.6 is 12.6 Å². The van der Waals surface area contributed by atoms with E-state index in [1.807, 2.05) is 0 Å². The minimum atomic E-state index is -4.91. The van der Waals surface area contributed by atoms with Crippen LogP contribution in [0.2, 0.25) is 0 Å². The predicted octanol–water partition coefficient (Wildman–Crippen LogP) is 1.99. The van der Waals surface area contributed by atoms with Crippen LogP contribution in [-0.2, 0) is 4.79 Å². The van der Waals surface area contributed by atoms with E-state index in [1.54, 1.807) is 0 Å². The van der Waals surface area contributed by atoms with Gasteiger partial charge in [-0.15, -0.1) is 25.8 Å². The van der Waals surface area contributed by atoms with Crippen LogP contribution in [0.3, 0.4) is 0 Å². The largest absolute Gasteiger partial charge is 0.573 e. The van der Waals surface area contributed by atoms with Gasteiger partial charge in [0.1, 0.15) is 5.75 Å². The van der Waals surface area contributed by atoms with E-state index in [9.17, 15) is 18.0 Å². The quantitative estimate of drug-likeness (QED) is 0.733. The number of aliphatic hydroxyl groups excluding tert-OH is 1. The minimum Gasteiger partial charge on any atom is -0.479 e. The number of halogens is 3. The molecule has 0 aliphatic heterocycles. The van der Waals surface area contributed by atoms with E-state index in [2.05, 4.69) is 17.4 Å². The number of benzene rings is 1. The second-order valence-corrected chi connectivity index (χ2v) is 3.50. The Bertz CT molecular complexity index is 433. The number of hydrogen-bond donors (Lipinski definition) is 3. The van der Waals surface area contributed by atoms with Gasteiger partial charge in [0, 0.05) is 4.90 Å². The molecule has 1 unspecified atom stereocenters. The van der Waals surface area contributed by atoms with Gasteiger partial charge in [-0.1, -0.05) is 6.07 Å². The Morgan fingerprint density at radius 2 is 2.00 bits per heavy atom. The number of alkyl halides is 3.